The third-order valence-corrected chi connectivity index (χ3v) is 4.10. The monoisotopic (exact) mass is 364 g/mol. The number of halogens is 1. The average Bonchev–Trinajstić information content (AvgIpc) is 2.97. The van der Waals surface area contributed by atoms with Gasteiger partial charge in [0, 0.05) is 22.6 Å². The van der Waals surface area contributed by atoms with Crippen molar-refractivity contribution in [2.75, 3.05) is 5.32 Å². The molecule has 5 heteroatoms. The van der Waals surface area contributed by atoms with Crippen LogP contribution in [0.15, 0.2) is 71.5 Å². The molecule has 0 unspecified atom stereocenters. The molecular weight excluding hydrogens is 352 g/mol. The van der Waals surface area contributed by atoms with Gasteiger partial charge in [0.15, 0.2) is 0 Å². The van der Waals surface area contributed by atoms with Crippen LogP contribution < -0.4 is 5.32 Å². The standard InChI is InChI=1S/C18H13BrN4/c19-14-3-6-16-17(11-14)23-18(22-16)21-15-4-1-12(2-5-15)13-7-9-20-10-8-13/h1-11H,(H2,21,22,23). The quantitative estimate of drug-likeness (QED) is 0.529. The molecule has 4 aromatic rings. The highest BCUT2D eigenvalue weighted by molar-refractivity contribution is 9.10. The number of nitrogens with zero attached hydrogens (tertiary/aromatic N) is 2. The van der Waals surface area contributed by atoms with Gasteiger partial charge < -0.3 is 10.3 Å². The Morgan fingerprint density at radius 1 is 0.870 bits per heavy atom. The SMILES string of the molecule is Brc1ccc2nc(Nc3ccc(-c4ccncc4)cc3)[nH]c2c1. The van der Waals surface area contributed by atoms with Crippen LogP contribution in [-0.4, -0.2) is 15.0 Å². The molecule has 0 aliphatic carbocycles. The van der Waals surface area contributed by atoms with Crippen molar-refractivity contribution in [1.29, 1.82) is 0 Å². The zero-order chi connectivity index (χ0) is 15.6. The number of aromatic nitrogens is 3. The largest absolute Gasteiger partial charge is 0.326 e. The van der Waals surface area contributed by atoms with E-state index in [1.165, 1.54) is 0 Å². The Balaban J connectivity index is 1.58. The van der Waals surface area contributed by atoms with Gasteiger partial charge in [-0.05, 0) is 53.6 Å². The molecule has 0 aliphatic heterocycles. The lowest BCUT2D eigenvalue weighted by Crippen LogP contribution is -1.91. The van der Waals surface area contributed by atoms with Gasteiger partial charge in [-0.15, -0.1) is 0 Å². The normalized spacial score (nSPS) is 10.8. The summed E-state index contributed by atoms with van der Waals surface area (Å²) in [6.07, 6.45) is 3.60. The van der Waals surface area contributed by atoms with Crippen LogP contribution in [0.2, 0.25) is 0 Å². The molecule has 0 atom stereocenters. The second-order valence-electron chi connectivity index (χ2n) is 5.19. The van der Waals surface area contributed by atoms with Gasteiger partial charge in [0.2, 0.25) is 5.95 Å². The van der Waals surface area contributed by atoms with E-state index in [1.54, 1.807) is 12.4 Å². The van der Waals surface area contributed by atoms with Gasteiger partial charge in [0.1, 0.15) is 0 Å². The van der Waals surface area contributed by atoms with Gasteiger partial charge in [-0.3, -0.25) is 4.98 Å². The number of pyridine rings is 1. The number of benzene rings is 2. The molecule has 2 aromatic carbocycles. The molecule has 0 bridgehead atoms. The van der Waals surface area contributed by atoms with E-state index >= 15 is 0 Å². The van der Waals surface area contributed by atoms with E-state index in [-0.39, 0.29) is 0 Å². The maximum absolute atomic E-state index is 4.53. The van der Waals surface area contributed by atoms with E-state index in [1.807, 2.05) is 42.5 Å². The van der Waals surface area contributed by atoms with E-state index in [4.69, 9.17) is 0 Å². The summed E-state index contributed by atoms with van der Waals surface area (Å²) in [4.78, 5) is 11.8. The van der Waals surface area contributed by atoms with Gasteiger partial charge >= 0.3 is 0 Å². The van der Waals surface area contributed by atoms with Crippen LogP contribution in [0.5, 0.6) is 0 Å². The minimum absolute atomic E-state index is 0.731. The maximum atomic E-state index is 4.53. The highest BCUT2D eigenvalue weighted by Gasteiger charge is 2.04. The van der Waals surface area contributed by atoms with E-state index in [9.17, 15) is 0 Å². The third kappa shape index (κ3) is 2.96. The zero-order valence-electron chi connectivity index (χ0n) is 12.1. The van der Waals surface area contributed by atoms with E-state index < -0.39 is 0 Å². The number of hydrogen-bond acceptors (Lipinski definition) is 3. The van der Waals surface area contributed by atoms with Crippen LogP contribution in [0.25, 0.3) is 22.2 Å². The summed E-state index contributed by atoms with van der Waals surface area (Å²) in [6.45, 7) is 0. The highest BCUT2D eigenvalue weighted by atomic mass is 79.9. The zero-order valence-corrected chi connectivity index (χ0v) is 13.7. The lowest BCUT2D eigenvalue weighted by atomic mass is 10.1. The molecule has 23 heavy (non-hydrogen) atoms. The van der Waals surface area contributed by atoms with Crippen LogP contribution in [-0.2, 0) is 0 Å². The summed E-state index contributed by atoms with van der Waals surface area (Å²) in [6, 6.07) is 18.2. The predicted molar refractivity (Wildman–Crippen MR) is 96.7 cm³/mol. The number of H-pyrrole nitrogens is 1. The van der Waals surface area contributed by atoms with Crippen molar-refractivity contribution in [3.8, 4) is 11.1 Å². The lowest BCUT2D eigenvalue weighted by Gasteiger charge is -2.05. The number of hydrogen-bond donors (Lipinski definition) is 2. The molecule has 2 N–H and O–H groups in total. The smallest absolute Gasteiger partial charge is 0.205 e. The summed E-state index contributed by atoms with van der Waals surface area (Å²) in [5.74, 6) is 0.731. The summed E-state index contributed by atoms with van der Waals surface area (Å²) >= 11 is 3.47. The Kier molecular flexibility index (Phi) is 3.55. The molecule has 0 saturated carbocycles. The highest BCUT2D eigenvalue weighted by Crippen LogP contribution is 2.24. The molecule has 0 spiro atoms. The van der Waals surface area contributed by atoms with Crippen molar-refractivity contribution in [3.05, 3.63) is 71.5 Å². The van der Waals surface area contributed by atoms with Crippen LogP contribution >= 0.6 is 15.9 Å². The van der Waals surface area contributed by atoms with Gasteiger partial charge in [-0.1, -0.05) is 28.1 Å². The van der Waals surface area contributed by atoms with Crippen LogP contribution in [0.1, 0.15) is 0 Å². The molecule has 0 amide bonds. The van der Waals surface area contributed by atoms with Crippen LogP contribution in [0, 0.1) is 0 Å². The van der Waals surface area contributed by atoms with Crippen molar-refractivity contribution in [1.82, 2.24) is 15.0 Å². The maximum Gasteiger partial charge on any atom is 0.205 e. The fraction of sp³-hybridized carbons (Fsp3) is 0. The van der Waals surface area contributed by atoms with Gasteiger partial charge in [-0.2, -0.15) is 0 Å². The molecule has 0 saturated heterocycles. The number of fused-ring (bicyclic) bond motifs is 1. The Labute approximate surface area is 141 Å². The topological polar surface area (TPSA) is 53.6 Å². The molecule has 112 valence electrons. The second-order valence-corrected chi connectivity index (χ2v) is 6.10. The Bertz CT molecular complexity index is 946. The summed E-state index contributed by atoms with van der Waals surface area (Å²) in [7, 11) is 0. The number of nitrogens with one attached hydrogen (secondary N) is 2. The van der Waals surface area contributed by atoms with E-state index in [2.05, 4.69) is 48.3 Å². The number of aromatic amines is 1. The first-order valence-electron chi connectivity index (χ1n) is 7.21. The molecule has 4 rings (SSSR count). The summed E-state index contributed by atoms with van der Waals surface area (Å²) < 4.78 is 1.03. The van der Waals surface area contributed by atoms with Crippen LogP contribution in [0.4, 0.5) is 11.6 Å². The van der Waals surface area contributed by atoms with Crippen molar-refractivity contribution in [2.45, 2.75) is 0 Å². The first-order chi connectivity index (χ1) is 11.3. The molecule has 0 fully saturated rings. The summed E-state index contributed by atoms with van der Waals surface area (Å²) in [5, 5.41) is 3.30. The molecule has 4 nitrogen and oxygen atoms in total. The molecule has 0 aliphatic rings. The first-order valence-corrected chi connectivity index (χ1v) is 8.00. The van der Waals surface area contributed by atoms with Crippen molar-refractivity contribution in [2.24, 2.45) is 0 Å². The molecular formula is C18H13BrN4. The van der Waals surface area contributed by atoms with Gasteiger partial charge in [0.25, 0.3) is 0 Å². The average molecular weight is 365 g/mol. The van der Waals surface area contributed by atoms with E-state index in [0.29, 0.717) is 0 Å². The minimum Gasteiger partial charge on any atom is -0.326 e. The van der Waals surface area contributed by atoms with Gasteiger partial charge in [-0.25, -0.2) is 4.98 Å². The number of imidazole rings is 1. The second kappa shape index (κ2) is 5.85. The lowest BCUT2D eigenvalue weighted by molar-refractivity contribution is 1.31. The Morgan fingerprint density at radius 3 is 2.39 bits per heavy atom. The van der Waals surface area contributed by atoms with Gasteiger partial charge in [0.05, 0.1) is 11.0 Å². The Hall–Kier alpha value is -2.66. The van der Waals surface area contributed by atoms with E-state index in [0.717, 1.165) is 38.3 Å². The third-order valence-electron chi connectivity index (χ3n) is 3.61. The number of rotatable bonds is 3. The van der Waals surface area contributed by atoms with Crippen LogP contribution in [0.3, 0.4) is 0 Å². The number of anilines is 2. The predicted octanol–water partition coefficient (Wildman–Crippen LogP) is 5.13. The molecule has 0 radical (unpaired) electrons. The van der Waals surface area contributed by atoms with Crippen molar-refractivity contribution in [3.63, 3.8) is 0 Å². The minimum atomic E-state index is 0.731. The van der Waals surface area contributed by atoms with Crippen molar-refractivity contribution < 1.29 is 0 Å². The summed E-state index contributed by atoms with van der Waals surface area (Å²) in [5.41, 5.74) is 5.23. The Morgan fingerprint density at radius 2 is 1.61 bits per heavy atom. The fourth-order valence-corrected chi connectivity index (χ4v) is 2.83. The molecule has 2 aromatic heterocycles. The first kappa shape index (κ1) is 14.0. The fourth-order valence-electron chi connectivity index (χ4n) is 2.47. The van der Waals surface area contributed by atoms with Crippen molar-refractivity contribution >= 4 is 38.6 Å². The molecule has 2 heterocycles.